The summed E-state index contributed by atoms with van der Waals surface area (Å²) in [5.74, 6) is 0.388. The molecule has 2 heterocycles. The number of rotatable bonds is 2. The lowest BCUT2D eigenvalue weighted by molar-refractivity contribution is 0.0617. The predicted molar refractivity (Wildman–Crippen MR) is 64.3 cm³/mol. The van der Waals surface area contributed by atoms with Gasteiger partial charge in [0, 0.05) is 12.0 Å². The van der Waals surface area contributed by atoms with Crippen LogP contribution in [0.5, 0.6) is 0 Å². The van der Waals surface area contributed by atoms with Gasteiger partial charge >= 0.3 is 0 Å². The smallest absolute Gasteiger partial charge is 0.226 e. The van der Waals surface area contributed by atoms with Gasteiger partial charge in [-0.1, -0.05) is 18.2 Å². The Kier molecular flexibility index (Phi) is 2.48. The van der Waals surface area contributed by atoms with E-state index in [9.17, 15) is 4.79 Å². The minimum atomic E-state index is -0.309. The number of hydrogen-bond acceptors (Lipinski definition) is 3. The molecule has 3 heteroatoms. The van der Waals surface area contributed by atoms with Crippen LogP contribution in [0.4, 0.5) is 0 Å². The first-order chi connectivity index (χ1) is 8.25. The number of ether oxygens (including phenoxy) is 1. The minimum absolute atomic E-state index is 0.0295. The zero-order valence-corrected chi connectivity index (χ0v) is 9.73. The van der Waals surface area contributed by atoms with Gasteiger partial charge in [0.2, 0.25) is 5.78 Å². The first kappa shape index (κ1) is 10.5. The molecule has 1 fully saturated rings. The van der Waals surface area contributed by atoms with Crippen molar-refractivity contribution in [2.24, 2.45) is 0 Å². The standard InChI is InChI=1S/C14H14O3/c1-9-4-2-5-10-8-12(17-14(9)10)13(15)11-6-3-7-16-11/h2,4-5,8,11H,3,6-7H2,1H3. The maximum absolute atomic E-state index is 12.1. The van der Waals surface area contributed by atoms with Gasteiger partial charge in [-0.15, -0.1) is 0 Å². The van der Waals surface area contributed by atoms with Crippen LogP contribution >= 0.6 is 0 Å². The van der Waals surface area contributed by atoms with Gasteiger partial charge in [-0.3, -0.25) is 4.79 Å². The number of carbonyl (C=O) groups is 1. The van der Waals surface area contributed by atoms with E-state index in [1.807, 2.05) is 31.2 Å². The second-order valence-corrected chi connectivity index (χ2v) is 4.47. The van der Waals surface area contributed by atoms with Crippen molar-refractivity contribution in [3.05, 3.63) is 35.6 Å². The molecule has 1 aromatic carbocycles. The predicted octanol–water partition coefficient (Wildman–Crippen LogP) is 3.10. The van der Waals surface area contributed by atoms with Crippen LogP contribution in [0.25, 0.3) is 11.0 Å². The summed E-state index contributed by atoms with van der Waals surface area (Å²) in [6.07, 6.45) is 1.45. The van der Waals surface area contributed by atoms with Crippen LogP contribution < -0.4 is 0 Å². The number of para-hydroxylation sites is 1. The van der Waals surface area contributed by atoms with Gasteiger partial charge < -0.3 is 9.15 Å². The van der Waals surface area contributed by atoms with Crippen molar-refractivity contribution in [2.45, 2.75) is 25.9 Å². The molecule has 1 aliphatic heterocycles. The van der Waals surface area contributed by atoms with Crippen LogP contribution in [-0.4, -0.2) is 18.5 Å². The first-order valence-electron chi connectivity index (χ1n) is 5.91. The summed E-state index contributed by atoms with van der Waals surface area (Å²) in [6.45, 7) is 2.65. The molecular formula is C14H14O3. The fourth-order valence-electron chi connectivity index (χ4n) is 2.27. The number of carbonyl (C=O) groups excluding carboxylic acids is 1. The number of furan rings is 1. The Morgan fingerprint density at radius 2 is 2.29 bits per heavy atom. The normalized spacial score (nSPS) is 19.9. The molecule has 3 rings (SSSR count). The van der Waals surface area contributed by atoms with E-state index in [4.69, 9.17) is 9.15 Å². The zero-order chi connectivity index (χ0) is 11.8. The van der Waals surface area contributed by atoms with Crippen molar-refractivity contribution in [3.8, 4) is 0 Å². The molecule has 3 nitrogen and oxygen atoms in total. The fourth-order valence-corrected chi connectivity index (χ4v) is 2.27. The molecule has 1 atom stereocenters. The maximum atomic E-state index is 12.1. The molecule has 1 saturated heterocycles. The summed E-state index contributed by atoms with van der Waals surface area (Å²) in [5.41, 5.74) is 1.85. The second kappa shape index (κ2) is 4.00. The minimum Gasteiger partial charge on any atom is -0.453 e. The Labute approximate surface area is 99.4 Å². The molecule has 1 aromatic heterocycles. The van der Waals surface area contributed by atoms with Crippen molar-refractivity contribution in [2.75, 3.05) is 6.61 Å². The molecule has 1 aliphatic rings. The molecule has 0 N–H and O–H groups in total. The Balaban J connectivity index is 2.00. The number of benzene rings is 1. The Bertz CT molecular complexity index is 562. The van der Waals surface area contributed by atoms with Gasteiger partial charge in [0.05, 0.1) is 0 Å². The summed E-state index contributed by atoms with van der Waals surface area (Å²) in [7, 11) is 0. The molecule has 17 heavy (non-hydrogen) atoms. The number of hydrogen-bond donors (Lipinski definition) is 0. The van der Waals surface area contributed by atoms with Crippen molar-refractivity contribution in [1.29, 1.82) is 0 Å². The third-order valence-corrected chi connectivity index (χ3v) is 3.21. The molecule has 1 unspecified atom stereocenters. The van der Waals surface area contributed by atoms with Crippen molar-refractivity contribution in [3.63, 3.8) is 0 Å². The van der Waals surface area contributed by atoms with Gasteiger partial charge in [-0.2, -0.15) is 0 Å². The topological polar surface area (TPSA) is 39.4 Å². The quantitative estimate of drug-likeness (QED) is 0.744. The highest BCUT2D eigenvalue weighted by Crippen LogP contribution is 2.25. The Hall–Kier alpha value is -1.61. The largest absolute Gasteiger partial charge is 0.453 e. The van der Waals surface area contributed by atoms with Gasteiger partial charge in [-0.05, 0) is 31.4 Å². The van der Waals surface area contributed by atoms with E-state index in [0.717, 1.165) is 29.4 Å². The van der Waals surface area contributed by atoms with E-state index in [1.165, 1.54) is 0 Å². The van der Waals surface area contributed by atoms with E-state index in [0.29, 0.717) is 12.4 Å². The van der Waals surface area contributed by atoms with Crippen LogP contribution in [-0.2, 0) is 4.74 Å². The van der Waals surface area contributed by atoms with Crippen LogP contribution in [0.1, 0.15) is 29.0 Å². The summed E-state index contributed by atoms with van der Waals surface area (Å²) < 4.78 is 11.0. The summed E-state index contributed by atoms with van der Waals surface area (Å²) in [6, 6.07) is 7.71. The van der Waals surface area contributed by atoms with Crippen molar-refractivity contribution < 1.29 is 13.9 Å². The van der Waals surface area contributed by atoms with Crippen molar-refractivity contribution in [1.82, 2.24) is 0 Å². The highest BCUT2D eigenvalue weighted by atomic mass is 16.5. The number of Topliss-reactive ketones (excluding diaryl/α,β-unsaturated/α-hetero) is 1. The van der Waals surface area contributed by atoms with Crippen LogP contribution in [0.15, 0.2) is 28.7 Å². The molecule has 0 saturated carbocycles. The summed E-state index contributed by atoms with van der Waals surface area (Å²) >= 11 is 0. The van der Waals surface area contributed by atoms with Crippen molar-refractivity contribution >= 4 is 16.8 Å². The average Bonchev–Trinajstić information content (AvgIpc) is 2.98. The molecule has 0 radical (unpaired) electrons. The highest BCUT2D eigenvalue weighted by Gasteiger charge is 2.27. The molecule has 0 bridgehead atoms. The molecule has 88 valence electrons. The van der Waals surface area contributed by atoms with Gasteiger partial charge in [0.15, 0.2) is 5.76 Å². The van der Waals surface area contributed by atoms with Crippen LogP contribution in [0.3, 0.4) is 0 Å². The fraction of sp³-hybridized carbons (Fsp3) is 0.357. The van der Waals surface area contributed by atoms with E-state index < -0.39 is 0 Å². The molecule has 0 aliphatic carbocycles. The molecule has 0 spiro atoms. The lowest BCUT2D eigenvalue weighted by Crippen LogP contribution is -2.18. The average molecular weight is 230 g/mol. The SMILES string of the molecule is Cc1cccc2cc(C(=O)C3CCCO3)oc12. The van der Waals surface area contributed by atoms with E-state index in [-0.39, 0.29) is 11.9 Å². The lowest BCUT2D eigenvalue weighted by atomic mass is 10.1. The first-order valence-corrected chi connectivity index (χ1v) is 5.91. The highest BCUT2D eigenvalue weighted by molar-refractivity contribution is 6.00. The van der Waals surface area contributed by atoms with E-state index >= 15 is 0 Å². The maximum Gasteiger partial charge on any atom is 0.226 e. The second-order valence-electron chi connectivity index (χ2n) is 4.47. The zero-order valence-electron chi connectivity index (χ0n) is 9.73. The Morgan fingerprint density at radius 1 is 1.41 bits per heavy atom. The van der Waals surface area contributed by atoms with E-state index in [2.05, 4.69) is 0 Å². The van der Waals surface area contributed by atoms with Gasteiger partial charge in [0.25, 0.3) is 0 Å². The third kappa shape index (κ3) is 1.76. The van der Waals surface area contributed by atoms with Gasteiger partial charge in [-0.25, -0.2) is 0 Å². The van der Waals surface area contributed by atoms with E-state index in [1.54, 1.807) is 0 Å². The number of aryl methyl sites for hydroxylation is 1. The summed E-state index contributed by atoms with van der Waals surface area (Å²) in [5, 5.41) is 0.978. The molecule has 0 amide bonds. The molecular weight excluding hydrogens is 216 g/mol. The lowest BCUT2D eigenvalue weighted by Gasteiger charge is -2.04. The van der Waals surface area contributed by atoms with Crippen LogP contribution in [0.2, 0.25) is 0 Å². The molecule has 2 aromatic rings. The Morgan fingerprint density at radius 3 is 3.00 bits per heavy atom. The third-order valence-electron chi connectivity index (χ3n) is 3.21. The summed E-state index contributed by atoms with van der Waals surface area (Å²) in [4.78, 5) is 12.1. The van der Waals surface area contributed by atoms with Gasteiger partial charge in [0.1, 0.15) is 11.7 Å². The monoisotopic (exact) mass is 230 g/mol. The number of ketones is 1. The van der Waals surface area contributed by atoms with Crippen LogP contribution in [0, 0.1) is 6.92 Å². The number of fused-ring (bicyclic) bond motifs is 1.